The quantitative estimate of drug-likeness (QED) is 0.856. The topological polar surface area (TPSA) is 55.1 Å². The van der Waals surface area contributed by atoms with Crippen molar-refractivity contribution in [2.24, 2.45) is 0 Å². The van der Waals surface area contributed by atoms with E-state index in [1.165, 1.54) is 41.5 Å². The monoisotopic (exact) mass is 220 g/mol. The molecule has 0 aliphatic heterocycles. The van der Waals surface area contributed by atoms with Gasteiger partial charge in [0.05, 0.1) is 6.33 Å². The van der Waals surface area contributed by atoms with Gasteiger partial charge in [-0.05, 0) is 6.07 Å². The summed E-state index contributed by atoms with van der Waals surface area (Å²) in [6.45, 7) is 0. The second kappa shape index (κ2) is 4.14. The van der Waals surface area contributed by atoms with E-state index < -0.39 is 17.8 Å². The summed E-state index contributed by atoms with van der Waals surface area (Å²) in [6.07, 6.45) is 4.30. The van der Waals surface area contributed by atoms with Crippen LogP contribution < -0.4 is 0 Å². The van der Waals surface area contributed by atoms with E-state index >= 15 is 0 Å². The van der Waals surface area contributed by atoms with Crippen molar-refractivity contribution < 1.29 is 14.3 Å². The summed E-state index contributed by atoms with van der Waals surface area (Å²) < 4.78 is 14.8. The predicted molar refractivity (Wildman–Crippen MR) is 54.4 cm³/mol. The third kappa shape index (κ3) is 1.79. The minimum atomic E-state index is -1.12. The normalized spacial score (nSPS) is 12.3. The van der Waals surface area contributed by atoms with Crippen LogP contribution >= 0.6 is 0 Å². The van der Waals surface area contributed by atoms with Crippen molar-refractivity contribution >= 4 is 5.97 Å². The molecule has 1 atom stereocenters. The molecule has 2 aromatic rings. The van der Waals surface area contributed by atoms with Crippen molar-refractivity contribution in [2.75, 3.05) is 0 Å². The molecule has 1 N–H and O–H groups in total. The Bertz CT molecular complexity index is 496. The van der Waals surface area contributed by atoms with Crippen LogP contribution in [0.2, 0.25) is 0 Å². The largest absolute Gasteiger partial charge is 0.479 e. The average molecular weight is 220 g/mol. The number of aliphatic carboxylic acids is 1. The van der Waals surface area contributed by atoms with E-state index in [1.54, 1.807) is 6.07 Å². The Kier molecular flexibility index (Phi) is 2.68. The lowest BCUT2D eigenvalue weighted by molar-refractivity contribution is -0.139. The number of carboxylic acid groups (broad SMARTS) is 1. The Hall–Kier alpha value is -2.17. The highest BCUT2D eigenvalue weighted by Gasteiger charge is 2.23. The van der Waals surface area contributed by atoms with E-state index in [4.69, 9.17) is 5.11 Å². The fourth-order valence-corrected chi connectivity index (χ4v) is 1.54. The molecule has 1 aromatic heterocycles. The first-order valence-electron chi connectivity index (χ1n) is 4.65. The lowest BCUT2D eigenvalue weighted by atomic mass is 10.1. The van der Waals surface area contributed by atoms with Gasteiger partial charge in [-0.1, -0.05) is 18.2 Å². The van der Waals surface area contributed by atoms with Gasteiger partial charge < -0.3 is 9.67 Å². The molecular formula is C11H9FN2O2. The van der Waals surface area contributed by atoms with E-state index in [9.17, 15) is 9.18 Å². The van der Waals surface area contributed by atoms with Gasteiger partial charge in [0.2, 0.25) is 0 Å². The molecule has 82 valence electrons. The lowest BCUT2D eigenvalue weighted by Crippen LogP contribution is -2.20. The number of carbonyl (C=O) groups is 1. The third-order valence-corrected chi connectivity index (χ3v) is 2.26. The molecule has 0 saturated heterocycles. The summed E-state index contributed by atoms with van der Waals surface area (Å²) in [5.74, 6) is -1.66. The Labute approximate surface area is 91.0 Å². The first-order chi connectivity index (χ1) is 7.70. The molecule has 1 aromatic carbocycles. The van der Waals surface area contributed by atoms with Crippen LogP contribution in [0.25, 0.3) is 0 Å². The minimum absolute atomic E-state index is 0.119. The van der Waals surface area contributed by atoms with E-state index in [2.05, 4.69) is 4.98 Å². The number of imidazole rings is 1. The highest BCUT2D eigenvalue weighted by atomic mass is 19.1. The van der Waals surface area contributed by atoms with Gasteiger partial charge in [-0.3, -0.25) is 0 Å². The molecule has 1 unspecified atom stereocenters. The van der Waals surface area contributed by atoms with Gasteiger partial charge in [0.25, 0.3) is 0 Å². The molecule has 5 heteroatoms. The molecule has 0 radical (unpaired) electrons. The lowest BCUT2D eigenvalue weighted by Gasteiger charge is -2.14. The highest BCUT2D eigenvalue weighted by Crippen LogP contribution is 2.21. The maximum Gasteiger partial charge on any atom is 0.331 e. The smallest absolute Gasteiger partial charge is 0.331 e. The van der Waals surface area contributed by atoms with Crippen molar-refractivity contribution in [3.8, 4) is 0 Å². The van der Waals surface area contributed by atoms with E-state index in [0.717, 1.165) is 0 Å². The van der Waals surface area contributed by atoms with Crippen molar-refractivity contribution in [3.05, 3.63) is 54.4 Å². The molecule has 4 nitrogen and oxygen atoms in total. The van der Waals surface area contributed by atoms with Crippen LogP contribution in [0, 0.1) is 5.82 Å². The molecule has 1 heterocycles. The number of hydrogen-bond donors (Lipinski definition) is 1. The molecule has 0 saturated carbocycles. The van der Waals surface area contributed by atoms with Crippen molar-refractivity contribution in [3.63, 3.8) is 0 Å². The zero-order valence-corrected chi connectivity index (χ0v) is 8.25. The van der Waals surface area contributed by atoms with Crippen LogP contribution in [0.3, 0.4) is 0 Å². The van der Waals surface area contributed by atoms with Gasteiger partial charge in [0, 0.05) is 18.0 Å². The molecule has 0 bridgehead atoms. The Morgan fingerprint density at radius 3 is 2.75 bits per heavy atom. The summed E-state index contributed by atoms with van der Waals surface area (Å²) in [6, 6.07) is 4.73. The second-order valence-electron chi connectivity index (χ2n) is 3.27. The summed E-state index contributed by atoms with van der Waals surface area (Å²) >= 11 is 0. The molecular weight excluding hydrogens is 211 g/mol. The van der Waals surface area contributed by atoms with Crippen LogP contribution in [0.15, 0.2) is 43.0 Å². The number of rotatable bonds is 3. The zero-order valence-electron chi connectivity index (χ0n) is 8.25. The second-order valence-corrected chi connectivity index (χ2v) is 3.27. The van der Waals surface area contributed by atoms with Crippen LogP contribution in [0.1, 0.15) is 11.6 Å². The molecule has 0 aliphatic rings. The summed E-state index contributed by atoms with van der Waals surface area (Å²) in [5.41, 5.74) is 0.119. The Balaban J connectivity index is 2.50. The molecule has 16 heavy (non-hydrogen) atoms. The van der Waals surface area contributed by atoms with E-state index in [0.29, 0.717) is 0 Å². The van der Waals surface area contributed by atoms with Gasteiger partial charge in [0.15, 0.2) is 6.04 Å². The van der Waals surface area contributed by atoms with Crippen molar-refractivity contribution in [1.82, 2.24) is 9.55 Å². The molecule has 2 rings (SSSR count). The summed E-state index contributed by atoms with van der Waals surface area (Å²) in [4.78, 5) is 14.9. The summed E-state index contributed by atoms with van der Waals surface area (Å²) in [7, 11) is 0. The first-order valence-corrected chi connectivity index (χ1v) is 4.65. The Morgan fingerprint density at radius 2 is 2.19 bits per heavy atom. The number of halogens is 1. The molecule has 0 spiro atoms. The first kappa shape index (κ1) is 10.4. The summed E-state index contributed by atoms with van der Waals surface area (Å²) in [5, 5.41) is 9.11. The van der Waals surface area contributed by atoms with Crippen LogP contribution in [0.5, 0.6) is 0 Å². The number of aromatic nitrogens is 2. The standard InChI is InChI=1S/C11H9FN2O2/c12-9-4-2-1-3-8(9)10(11(15)16)14-6-5-13-7-14/h1-7,10H,(H,15,16). The average Bonchev–Trinajstić information content (AvgIpc) is 2.74. The van der Waals surface area contributed by atoms with Gasteiger partial charge >= 0.3 is 5.97 Å². The van der Waals surface area contributed by atoms with Gasteiger partial charge in [-0.25, -0.2) is 14.2 Å². The van der Waals surface area contributed by atoms with E-state index in [1.807, 2.05) is 0 Å². The third-order valence-electron chi connectivity index (χ3n) is 2.26. The number of carboxylic acids is 1. The van der Waals surface area contributed by atoms with Gasteiger partial charge in [-0.2, -0.15) is 0 Å². The minimum Gasteiger partial charge on any atom is -0.479 e. The Morgan fingerprint density at radius 1 is 1.44 bits per heavy atom. The van der Waals surface area contributed by atoms with Gasteiger partial charge in [-0.15, -0.1) is 0 Å². The maximum absolute atomic E-state index is 13.5. The van der Waals surface area contributed by atoms with Gasteiger partial charge in [0.1, 0.15) is 5.82 Å². The fourth-order valence-electron chi connectivity index (χ4n) is 1.54. The molecule has 0 amide bonds. The maximum atomic E-state index is 13.5. The van der Waals surface area contributed by atoms with Crippen molar-refractivity contribution in [1.29, 1.82) is 0 Å². The number of hydrogen-bond acceptors (Lipinski definition) is 2. The SMILES string of the molecule is O=C(O)C(c1ccccc1F)n1ccnc1. The molecule has 0 fully saturated rings. The van der Waals surface area contributed by atoms with Crippen LogP contribution in [-0.2, 0) is 4.79 Å². The molecule has 0 aliphatic carbocycles. The predicted octanol–water partition coefficient (Wildman–Crippen LogP) is 1.70. The van der Waals surface area contributed by atoms with Crippen molar-refractivity contribution in [2.45, 2.75) is 6.04 Å². The number of nitrogens with zero attached hydrogens (tertiary/aromatic N) is 2. The zero-order chi connectivity index (χ0) is 11.5. The fraction of sp³-hybridized carbons (Fsp3) is 0.0909. The highest BCUT2D eigenvalue weighted by molar-refractivity contribution is 5.76. The van der Waals surface area contributed by atoms with Crippen LogP contribution in [-0.4, -0.2) is 20.6 Å². The van der Waals surface area contributed by atoms with Crippen LogP contribution in [0.4, 0.5) is 4.39 Å². The van der Waals surface area contributed by atoms with E-state index in [-0.39, 0.29) is 5.56 Å². The number of benzene rings is 1.